The van der Waals surface area contributed by atoms with E-state index in [9.17, 15) is 0 Å². The lowest BCUT2D eigenvalue weighted by molar-refractivity contribution is 0.00578. The van der Waals surface area contributed by atoms with E-state index in [2.05, 4.69) is 39.6 Å². The van der Waals surface area contributed by atoms with Crippen LogP contribution in [0.25, 0.3) is 0 Å². The highest BCUT2D eigenvalue weighted by Crippen LogP contribution is 2.36. The maximum atomic E-state index is 6.02. The highest BCUT2D eigenvalue weighted by Gasteiger charge is 2.52. The number of thiazole rings is 1. The molecule has 18 heavy (non-hydrogen) atoms. The summed E-state index contributed by atoms with van der Waals surface area (Å²) in [6.07, 6.45) is 5.35. The smallest absolute Gasteiger partial charge is 0.399 e. The van der Waals surface area contributed by atoms with Crippen LogP contribution in [0.5, 0.6) is 0 Å². The zero-order valence-corrected chi connectivity index (χ0v) is 12.8. The van der Waals surface area contributed by atoms with Gasteiger partial charge >= 0.3 is 7.12 Å². The Hall–Kier alpha value is -0.385. The lowest BCUT2D eigenvalue weighted by Crippen LogP contribution is -2.41. The van der Waals surface area contributed by atoms with Crippen molar-refractivity contribution < 1.29 is 9.31 Å². The molecule has 1 aliphatic rings. The molecule has 0 saturated carbocycles. The van der Waals surface area contributed by atoms with Crippen molar-refractivity contribution in [3.8, 4) is 0 Å². The highest BCUT2D eigenvalue weighted by atomic mass is 32.1. The molecule has 0 aromatic carbocycles. The van der Waals surface area contributed by atoms with Crippen LogP contribution < -0.4 is 4.78 Å². The maximum Gasteiger partial charge on any atom is 0.507 e. The minimum Gasteiger partial charge on any atom is -0.399 e. The van der Waals surface area contributed by atoms with E-state index in [4.69, 9.17) is 9.31 Å². The Morgan fingerprint density at radius 1 is 1.22 bits per heavy atom. The Bertz CT molecular complexity index is 401. The van der Waals surface area contributed by atoms with E-state index < -0.39 is 0 Å². The van der Waals surface area contributed by atoms with E-state index in [1.54, 1.807) is 11.3 Å². The summed E-state index contributed by atoms with van der Waals surface area (Å²) in [4.78, 5) is 4.45. The molecular weight excluding hydrogens is 245 g/mol. The molecule has 1 aromatic rings. The van der Waals surface area contributed by atoms with E-state index >= 15 is 0 Å². The van der Waals surface area contributed by atoms with Crippen LogP contribution in [0.4, 0.5) is 0 Å². The van der Waals surface area contributed by atoms with Gasteiger partial charge in [0, 0.05) is 6.20 Å². The lowest BCUT2D eigenvalue weighted by Gasteiger charge is -2.32. The normalized spacial score (nSPS) is 21.5. The fraction of sp³-hybridized carbons (Fsp3) is 0.769. The Morgan fingerprint density at radius 2 is 1.83 bits per heavy atom. The Balaban J connectivity index is 2.07. The predicted molar refractivity (Wildman–Crippen MR) is 76.4 cm³/mol. The maximum absolute atomic E-state index is 6.02. The molecule has 0 bridgehead atoms. The minimum absolute atomic E-state index is 0.261. The minimum atomic E-state index is -0.273. The third-order valence-corrected chi connectivity index (χ3v) is 4.88. The van der Waals surface area contributed by atoms with Crippen LogP contribution in [-0.4, -0.2) is 23.3 Å². The summed E-state index contributed by atoms with van der Waals surface area (Å²) in [6, 6.07) is 0. The fourth-order valence-electron chi connectivity index (χ4n) is 1.84. The molecule has 1 aliphatic heterocycles. The molecule has 3 nitrogen and oxygen atoms in total. The Kier molecular flexibility index (Phi) is 3.86. The van der Waals surface area contributed by atoms with Crippen LogP contribution >= 0.6 is 11.3 Å². The van der Waals surface area contributed by atoms with Crippen molar-refractivity contribution in [2.45, 2.75) is 65.1 Å². The average molecular weight is 267 g/mol. The van der Waals surface area contributed by atoms with E-state index in [0.29, 0.717) is 0 Å². The first-order chi connectivity index (χ1) is 8.36. The van der Waals surface area contributed by atoms with Gasteiger partial charge in [-0.3, -0.25) is 4.98 Å². The Morgan fingerprint density at radius 3 is 2.39 bits per heavy atom. The van der Waals surface area contributed by atoms with Gasteiger partial charge in [-0.1, -0.05) is 13.3 Å². The summed E-state index contributed by atoms with van der Waals surface area (Å²) < 4.78 is 13.1. The molecule has 0 amide bonds. The number of unbranched alkanes of at least 4 members (excludes halogenated alkanes) is 1. The molecule has 0 atom stereocenters. The van der Waals surface area contributed by atoms with Gasteiger partial charge in [0.25, 0.3) is 0 Å². The fourth-order valence-corrected chi connectivity index (χ4v) is 2.76. The number of hydrogen-bond donors (Lipinski definition) is 0. The van der Waals surface area contributed by atoms with Crippen molar-refractivity contribution in [1.82, 2.24) is 4.98 Å². The van der Waals surface area contributed by atoms with E-state index in [0.717, 1.165) is 11.2 Å². The predicted octanol–water partition coefficient (Wildman–Crippen LogP) is 2.78. The van der Waals surface area contributed by atoms with Crippen molar-refractivity contribution in [3.05, 3.63) is 11.2 Å². The zero-order valence-electron chi connectivity index (χ0n) is 11.9. The molecule has 0 unspecified atom stereocenters. The Labute approximate surface area is 114 Å². The van der Waals surface area contributed by atoms with Gasteiger partial charge in [-0.25, -0.2) is 0 Å². The molecule has 2 rings (SSSR count). The standard InChI is InChI=1S/C13H22BNO2S/c1-6-7-8-11-15-9-10(18-11)14-16-12(2,3)13(4,5)17-14/h9H,6-8H2,1-5H3. The molecule has 0 radical (unpaired) electrons. The average Bonchev–Trinajstić information content (AvgIpc) is 2.80. The van der Waals surface area contributed by atoms with E-state index in [-0.39, 0.29) is 18.3 Å². The number of rotatable bonds is 4. The monoisotopic (exact) mass is 267 g/mol. The van der Waals surface area contributed by atoms with Crippen molar-refractivity contribution >= 4 is 23.2 Å². The van der Waals surface area contributed by atoms with Gasteiger partial charge in [0.15, 0.2) is 0 Å². The van der Waals surface area contributed by atoms with Crippen LogP contribution in [0.1, 0.15) is 52.5 Å². The number of aromatic nitrogens is 1. The topological polar surface area (TPSA) is 31.4 Å². The zero-order chi connectivity index (χ0) is 13.4. The first-order valence-electron chi connectivity index (χ1n) is 6.66. The number of aryl methyl sites for hydroxylation is 1. The van der Waals surface area contributed by atoms with Crippen LogP contribution in [0.2, 0.25) is 0 Å². The van der Waals surface area contributed by atoms with Crippen molar-refractivity contribution in [3.63, 3.8) is 0 Å². The summed E-state index contributed by atoms with van der Waals surface area (Å²) in [5, 5.41) is 1.18. The quantitative estimate of drug-likeness (QED) is 0.786. The summed E-state index contributed by atoms with van der Waals surface area (Å²) in [6.45, 7) is 10.5. The number of hydrogen-bond acceptors (Lipinski definition) is 4. The van der Waals surface area contributed by atoms with Gasteiger partial charge in [-0.05, 0) is 40.5 Å². The van der Waals surface area contributed by atoms with Crippen LogP contribution in [-0.2, 0) is 15.7 Å². The largest absolute Gasteiger partial charge is 0.507 e. The summed E-state index contributed by atoms with van der Waals surface area (Å²) in [7, 11) is -0.261. The van der Waals surface area contributed by atoms with Crippen LogP contribution in [0.3, 0.4) is 0 Å². The molecular formula is C13H22BNO2S. The van der Waals surface area contributed by atoms with Gasteiger partial charge in [-0.2, -0.15) is 0 Å². The SMILES string of the molecule is CCCCc1ncc(B2OC(C)(C)C(C)(C)O2)s1. The first kappa shape index (κ1) is 14.0. The highest BCUT2D eigenvalue weighted by molar-refractivity contribution is 7.22. The van der Waals surface area contributed by atoms with Gasteiger partial charge in [0.2, 0.25) is 0 Å². The van der Waals surface area contributed by atoms with Crippen LogP contribution in [0.15, 0.2) is 6.20 Å². The molecule has 5 heteroatoms. The van der Waals surface area contributed by atoms with Gasteiger partial charge in [0.1, 0.15) is 0 Å². The second-order valence-corrected chi connectivity index (χ2v) is 6.99. The molecule has 1 aromatic heterocycles. The van der Waals surface area contributed by atoms with E-state index in [1.807, 2.05) is 6.20 Å². The van der Waals surface area contributed by atoms with Crippen LogP contribution in [0, 0.1) is 0 Å². The second-order valence-electron chi connectivity index (χ2n) is 5.85. The molecule has 1 fully saturated rings. The van der Waals surface area contributed by atoms with Crippen molar-refractivity contribution in [2.75, 3.05) is 0 Å². The molecule has 100 valence electrons. The van der Waals surface area contributed by atoms with Gasteiger partial charge in [-0.15, -0.1) is 11.3 Å². The van der Waals surface area contributed by atoms with Crippen molar-refractivity contribution in [1.29, 1.82) is 0 Å². The second kappa shape index (κ2) is 4.95. The lowest BCUT2D eigenvalue weighted by atomic mass is 9.89. The van der Waals surface area contributed by atoms with Gasteiger partial charge < -0.3 is 9.31 Å². The summed E-state index contributed by atoms with van der Waals surface area (Å²) >= 11 is 1.71. The summed E-state index contributed by atoms with van der Waals surface area (Å²) in [5.74, 6) is 0. The molecule has 2 heterocycles. The number of nitrogens with zero attached hydrogens (tertiary/aromatic N) is 1. The molecule has 0 aliphatic carbocycles. The summed E-state index contributed by atoms with van der Waals surface area (Å²) in [5.41, 5.74) is -0.545. The third-order valence-electron chi connectivity index (χ3n) is 3.80. The van der Waals surface area contributed by atoms with E-state index in [1.165, 1.54) is 17.8 Å². The molecule has 0 spiro atoms. The molecule has 0 N–H and O–H groups in total. The molecule has 1 saturated heterocycles. The van der Waals surface area contributed by atoms with Gasteiger partial charge in [0.05, 0.1) is 21.0 Å². The van der Waals surface area contributed by atoms with Crippen molar-refractivity contribution in [2.24, 2.45) is 0 Å². The first-order valence-corrected chi connectivity index (χ1v) is 7.47. The third kappa shape index (κ3) is 2.63.